The molecule has 0 aromatic heterocycles. The highest BCUT2D eigenvalue weighted by molar-refractivity contribution is 5.95. The highest BCUT2D eigenvalue weighted by Gasteiger charge is 2.40. The zero-order valence-electron chi connectivity index (χ0n) is 10.8. The van der Waals surface area contributed by atoms with Crippen molar-refractivity contribution >= 4 is 12.0 Å². The molecule has 0 atom stereocenters. The van der Waals surface area contributed by atoms with Crippen LogP contribution in [0.5, 0.6) is 0 Å². The predicted molar refractivity (Wildman–Crippen MR) is 61.0 cm³/mol. The van der Waals surface area contributed by atoms with E-state index in [1.807, 2.05) is 13.8 Å². The Bertz CT molecular complexity index is 302. The molecule has 0 unspecified atom stereocenters. The third kappa shape index (κ3) is 2.97. The van der Waals surface area contributed by atoms with E-state index in [0.29, 0.717) is 6.54 Å². The summed E-state index contributed by atoms with van der Waals surface area (Å²) in [6, 6.07) is 0. The van der Waals surface area contributed by atoms with Crippen LogP contribution in [0, 0.1) is 5.41 Å². The standard InChI is InChI=1S/C12H21NO3/c1-11(2,3)16-10(15)13-8-6-7-12(4,5)9(13)14/h6-8H2,1-5H3. The fourth-order valence-corrected chi connectivity index (χ4v) is 1.74. The molecule has 0 bridgehead atoms. The van der Waals surface area contributed by atoms with Gasteiger partial charge in [-0.25, -0.2) is 9.69 Å². The first kappa shape index (κ1) is 13.0. The second kappa shape index (κ2) is 4.07. The molecule has 0 radical (unpaired) electrons. The lowest BCUT2D eigenvalue weighted by molar-refractivity contribution is -0.142. The number of hydrogen-bond acceptors (Lipinski definition) is 3. The van der Waals surface area contributed by atoms with Crippen LogP contribution in [0.25, 0.3) is 0 Å². The topological polar surface area (TPSA) is 46.6 Å². The van der Waals surface area contributed by atoms with E-state index in [1.165, 1.54) is 4.90 Å². The third-order valence-electron chi connectivity index (χ3n) is 2.62. The molecule has 1 saturated heterocycles. The smallest absolute Gasteiger partial charge is 0.417 e. The number of carbonyl (C=O) groups is 2. The summed E-state index contributed by atoms with van der Waals surface area (Å²) in [6.45, 7) is 9.59. The Morgan fingerprint density at radius 1 is 1.38 bits per heavy atom. The average Bonchev–Trinajstić information content (AvgIpc) is 2.06. The van der Waals surface area contributed by atoms with Crippen LogP contribution in [0.1, 0.15) is 47.5 Å². The zero-order valence-corrected chi connectivity index (χ0v) is 10.8. The minimum Gasteiger partial charge on any atom is -0.443 e. The molecule has 1 rings (SSSR count). The number of ether oxygens (including phenoxy) is 1. The van der Waals surface area contributed by atoms with Gasteiger partial charge in [-0.3, -0.25) is 4.79 Å². The van der Waals surface area contributed by atoms with Crippen LogP contribution in [0.2, 0.25) is 0 Å². The lowest BCUT2D eigenvalue weighted by Gasteiger charge is -2.36. The minimum atomic E-state index is -0.557. The third-order valence-corrected chi connectivity index (χ3v) is 2.62. The van der Waals surface area contributed by atoms with Gasteiger partial charge in [0.2, 0.25) is 5.91 Å². The summed E-state index contributed by atoms with van der Waals surface area (Å²) in [5.74, 6) is -0.131. The first-order valence-corrected chi connectivity index (χ1v) is 5.68. The van der Waals surface area contributed by atoms with Crippen molar-refractivity contribution < 1.29 is 14.3 Å². The molecular formula is C12H21NO3. The SMILES string of the molecule is CC(C)(C)OC(=O)N1CCCC(C)(C)C1=O. The summed E-state index contributed by atoms with van der Waals surface area (Å²) in [5, 5.41) is 0. The van der Waals surface area contributed by atoms with Gasteiger partial charge in [0.1, 0.15) is 5.60 Å². The van der Waals surface area contributed by atoms with Crippen LogP contribution >= 0.6 is 0 Å². The Morgan fingerprint density at radius 2 is 1.94 bits per heavy atom. The highest BCUT2D eigenvalue weighted by Crippen LogP contribution is 2.30. The van der Waals surface area contributed by atoms with Crippen LogP contribution < -0.4 is 0 Å². The van der Waals surface area contributed by atoms with Gasteiger partial charge < -0.3 is 4.74 Å². The monoisotopic (exact) mass is 227 g/mol. The van der Waals surface area contributed by atoms with Crippen molar-refractivity contribution in [2.45, 2.75) is 53.1 Å². The van der Waals surface area contributed by atoms with Crippen LogP contribution in [0.15, 0.2) is 0 Å². The maximum Gasteiger partial charge on any atom is 0.417 e. The summed E-state index contributed by atoms with van der Waals surface area (Å²) in [6.07, 6.45) is 1.15. The second-order valence-electron chi connectivity index (χ2n) is 5.92. The molecule has 1 aliphatic rings. The number of amides is 2. The van der Waals surface area contributed by atoms with Crippen LogP contribution in [-0.2, 0) is 9.53 Å². The van der Waals surface area contributed by atoms with Crippen molar-refractivity contribution in [3.8, 4) is 0 Å². The summed E-state index contributed by atoms with van der Waals surface area (Å²) in [4.78, 5) is 25.0. The summed E-state index contributed by atoms with van der Waals surface area (Å²) in [7, 11) is 0. The van der Waals surface area contributed by atoms with Crippen molar-refractivity contribution in [1.29, 1.82) is 0 Å². The fourth-order valence-electron chi connectivity index (χ4n) is 1.74. The Balaban J connectivity index is 2.73. The summed E-state index contributed by atoms with van der Waals surface area (Å²) in [5.41, 5.74) is -1.01. The van der Waals surface area contributed by atoms with Crippen molar-refractivity contribution in [3.63, 3.8) is 0 Å². The van der Waals surface area contributed by atoms with Gasteiger partial charge in [0.15, 0.2) is 0 Å². The number of likely N-dealkylation sites (tertiary alicyclic amines) is 1. The molecule has 0 N–H and O–H groups in total. The molecule has 4 heteroatoms. The fraction of sp³-hybridized carbons (Fsp3) is 0.833. The normalized spacial score (nSPS) is 20.8. The van der Waals surface area contributed by atoms with E-state index in [1.54, 1.807) is 20.8 Å². The molecule has 0 saturated carbocycles. The van der Waals surface area contributed by atoms with E-state index < -0.39 is 17.1 Å². The maximum absolute atomic E-state index is 12.0. The second-order valence-corrected chi connectivity index (χ2v) is 5.92. The molecule has 16 heavy (non-hydrogen) atoms. The predicted octanol–water partition coefficient (Wildman–Crippen LogP) is 2.57. The number of imide groups is 1. The molecule has 0 spiro atoms. The van der Waals surface area contributed by atoms with E-state index in [0.717, 1.165) is 12.8 Å². The highest BCUT2D eigenvalue weighted by atomic mass is 16.6. The summed E-state index contributed by atoms with van der Waals surface area (Å²) < 4.78 is 5.21. The lowest BCUT2D eigenvalue weighted by atomic mass is 9.83. The molecule has 92 valence electrons. The number of hydrogen-bond donors (Lipinski definition) is 0. The first-order chi connectivity index (χ1) is 7.13. The molecule has 0 aromatic carbocycles. The van der Waals surface area contributed by atoms with Gasteiger partial charge in [0, 0.05) is 12.0 Å². The van der Waals surface area contributed by atoms with Crippen molar-refractivity contribution in [2.24, 2.45) is 5.41 Å². The molecule has 1 fully saturated rings. The van der Waals surface area contributed by atoms with E-state index in [9.17, 15) is 9.59 Å². The number of rotatable bonds is 0. The molecule has 1 heterocycles. The van der Waals surface area contributed by atoms with Gasteiger partial charge in [0.25, 0.3) is 0 Å². The van der Waals surface area contributed by atoms with Gasteiger partial charge >= 0.3 is 6.09 Å². The van der Waals surface area contributed by atoms with Crippen LogP contribution in [0.3, 0.4) is 0 Å². The first-order valence-electron chi connectivity index (χ1n) is 5.68. The molecule has 1 aliphatic heterocycles. The van der Waals surface area contributed by atoms with Crippen molar-refractivity contribution in [1.82, 2.24) is 4.90 Å². The minimum absolute atomic E-state index is 0.131. The van der Waals surface area contributed by atoms with Gasteiger partial charge in [-0.05, 0) is 33.6 Å². The molecule has 0 aliphatic carbocycles. The Hall–Kier alpha value is -1.06. The average molecular weight is 227 g/mol. The molecular weight excluding hydrogens is 206 g/mol. The summed E-state index contributed by atoms with van der Waals surface area (Å²) >= 11 is 0. The Morgan fingerprint density at radius 3 is 2.44 bits per heavy atom. The Labute approximate surface area is 96.9 Å². The van der Waals surface area contributed by atoms with Gasteiger partial charge in [0.05, 0.1) is 0 Å². The van der Waals surface area contributed by atoms with E-state index in [4.69, 9.17) is 4.74 Å². The Kier molecular flexibility index (Phi) is 3.31. The van der Waals surface area contributed by atoms with E-state index in [2.05, 4.69) is 0 Å². The quantitative estimate of drug-likeness (QED) is 0.639. The number of nitrogens with zero attached hydrogens (tertiary/aromatic N) is 1. The van der Waals surface area contributed by atoms with Crippen molar-refractivity contribution in [3.05, 3.63) is 0 Å². The van der Waals surface area contributed by atoms with E-state index >= 15 is 0 Å². The molecule has 2 amide bonds. The van der Waals surface area contributed by atoms with Crippen LogP contribution in [-0.4, -0.2) is 29.0 Å². The maximum atomic E-state index is 12.0. The van der Waals surface area contributed by atoms with Crippen LogP contribution in [0.4, 0.5) is 4.79 Å². The molecule has 4 nitrogen and oxygen atoms in total. The largest absolute Gasteiger partial charge is 0.443 e. The number of piperidine rings is 1. The van der Waals surface area contributed by atoms with E-state index in [-0.39, 0.29) is 5.91 Å². The van der Waals surface area contributed by atoms with Gasteiger partial charge in [-0.15, -0.1) is 0 Å². The molecule has 0 aromatic rings. The van der Waals surface area contributed by atoms with Crippen molar-refractivity contribution in [2.75, 3.05) is 6.54 Å². The van der Waals surface area contributed by atoms with Gasteiger partial charge in [-0.2, -0.15) is 0 Å². The van der Waals surface area contributed by atoms with Gasteiger partial charge in [-0.1, -0.05) is 13.8 Å². The lowest BCUT2D eigenvalue weighted by Crippen LogP contribution is -2.50. The number of carbonyl (C=O) groups excluding carboxylic acids is 2. The zero-order chi connectivity index (χ0) is 12.6.